The number of carbonyl (C=O) groups is 2. The summed E-state index contributed by atoms with van der Waals surface area (Å²) in [5.41, 5.74) is 7.81. The van der Waals surface area contributed by atoms with Gasteiger partial charge in [0.1, 0.15) is 5.82 Å². The van der Waals surface area contributed by atoms with E-state index in [2.05, 4.69) is 15.2 Å². The zero-order chi connectivity index (χ0) is 23.4. The number of rotatable bonds is 5. The number of aromatic nitrogens is 1. The smallest absolute Gasteiger partial charge is 0.407 e. The number of carboxylic acid groups (broad SMARTS) is 1. The second kappa shape index (κ2) is 9.20. The Kier molecular flexibility index (Phi) is 6.17. The van der Waals surface area contributed by atoms with Gasteiger partial charge in [0, 0.05) is 25.8 Å². The Labute approximate surface area is 192 Å². The van der Waals surface area contributed by atoms with Crippen LogP contribution in [-0.2, 0) is 6.42 Å². The predicted octanol–water partition coefficient (Wildman–Crippen LogP) is 3.72. The second-order valence-corrected chi connectivity index (χ2v) is 8.46. The largest absolute Gasteiger partial charge is 0.465 e. The van der Waals surface area contributed by atoms with Crippen LogP contribution in [0.4, 0.5) is 22.0 Å². The summed E-state index contributed by atoms with van der Waals surface area (Å²) >= 11 is 0. The molecule has 0 unspecified atom stereocenters. The minimum absolute atomic E-state index is 0.295. The number of hydrogen-bond acceptors (Lipinski definition) is 5. The number of nitrogens with one attached hydrogen (secondary N) is 1. The molecular weight excluding hydrogens is 418 g/mol. The van der Waals surface area contributed by atoms with Crippen molar-refractivity contribution in [3.05, 3.63) is 84.1 Å². The molecule has 170 valence electrons. The molecule has 4 N–H and O–H groups in total. The molecule has 4 rings (SSSR count). The van der Waals surface area contributed by atoms with Crippen LogP contribution < -0.4 is 16.0 Å². The van der Waals surface area contributed by atoms with Crippen molar-refractivity contribution in [1.82, 2.24) is 9.88 Å². The highest BCUT2D eigenvalue weighted by molar-refractivity contribution is 6.05. The van der Waals surface area contributed by atoms with Crippen molar-refractivity contribution in [1.29, 1.82) is 0 Å². The van der Waals surface area contributed by atoms with E-state index >= 15 is 0 Å². The minimum atomic E-state index is -0.923. The maximum absolute atomic E-state index is 12.6. The number of hydrogen-bond donors (Lipinski definition) is 3. The molecular formula is C25H27N5O3. The van der Waals surface area contributed by atoms with Gasteiger partial charge in [0.25, 0.3) is 5.91 Å². The van der Waals surface area contributed by atoms with E-state index < -0.39 is 11.6 Å². The molecule has 2 amide bonds. The molecule has 0 radical (unpaired) electrons. The highest BCUT2D eigenvalue weighted by atomic mass is 16.4. The lowest BCUT2D eigenvalue weighted by atomic mass is 9.88. The van der Waals surface area contributed by atoms with Crippen molar-refractivity contribution >= 4 is 29.2 Å². The Morgan fingerprint density at radius 3 is 2.45 bits per heavy atom. The van der Waals surface area contributed by atoms with Gasteiger partial charge in [-0.3, -0.25) is 9.69 Å². The molecule has 2 heterocycles. The van der Waals surface area contributed by atoms with Gasteiger partial charge in [0.05, 0.1) is 22.5 Å². The SMILES string of the molecule is C[C@]1(Cc2ccccc2)CN(c2ccc(C(=O)Nc3ccccc3N)cn2)CCN1C(=O)O. The van der Waals surface area contributed by atoms with Crippen molar-refractivity contribution in [2.24, 2.45) is 0 Å². The molecule has 2 aromatic carbocycles. The predicted molar refractivity (Wildman–Crippen MR) is 129 cm³/mol. The second-order valence-electron chi connectivity index (χ2n) is 8.46. The number of nitrogen functional groups attached to an aromatic ring is 1. The molecule has 3 aromatic rings. The first kappa shape index (κ1) is 22.1. The number of anilines is 3. The molecule has 0 saturated carbocycles. The van der Waals surface area contributed by atoms with Crippen molar-refractivity contribution in [2.75, 3.05) is 35.6 Å². The number of carbonyl (C=O) groups excluding carboxylic acids is 1. The summed E-state index contributed by atoms with van der Waals surface area (Å²) in [5, 5.41) is 12.6. The summed E-state index contributed by atoms with van der Waals surface area (Å²) in [7, 11) is 0. The molecule has 0 aliphatic carbocycles. The summed E-state index contributed by atoms with van der Waals surface area (Å²) in [6, 6.07) is 20.5. The number of para-hydroxylation sites is 2. The summed E-state index contributed by atoms with van der Waals surface area (Å²) < 4.78 is 0. The molecule has 1 aromatic heterocycles. The maximum atomic E-state index is 12.6. The van der Waals surface area contributed by atoms with Crippen LogP contribution in [-0.4, -0.2) is 52.2 Å². The molecule has 0 bridgehead atoms. The highest BCUT2D eigenvalue weighted by Gasteiger charge is 2.41. The van der Waals surface area contributed by atoms with Gasteiger partial charge in [-0.15, -0.1) is 0 Å². The molecule has 1 saturated heterocycles. The highest BCUT2D eigenvalue weighted by Crippen LogP contribution is 2.29. The topological polar surface area (TPSA) is 112 Å². The summed E-state index contributed by atoms with van der Waals surface area (Å²) in [5.74, 6) is 0.409. The fraction of sp³-hybridized carbons (Fsp3) is 0.240. The van der Waals surface area contributed by atoms with Crippen LogP contribution in [0.3, 0.4) is 0 Å². The first-order valence-corrected chi connectivity index (χ1v) is 10.8. The van der Waals surface area contributed by atoms with Gasteiger partial charge in [-0.25, -0.2) is 9.78 Å². The zero-order valence-corrected chi connectivity index (χ0v) is 18.4. The fourth-order valence-corrected chi connectivity index (χ4v) is 4.29. The molecule has 1 fully saturated rings. The average molecular weight is 446 g/mol. The minimum Gasteiger partial charge on any atom is -0.465 e. The standard InChI is InChI=1S/C25H27N5O3/c1-25(15-18-7-3-2-4-8-18)17-29(13-14-30(25)24(32)33)22-12-11-19(16-27-22)23(31)28-21-10-6-5-9-20(21)26/h2-12,16H,13-15,17,26H2,1H3,(H,28,31)(H,32,33)/t25-/m0/s1. The summed E-state index contributed by atoms with van der Waals surface area (Å²) in [6.45, 7) is 3.35. The number of amides is 2. The lowest BCUT2D eigenvalue weighted by molar-refractivity contribution is 0.0748. The lowest BCUT2D eigenvalue weighted by Gasteiger charge is -2.48. The van der Waals surface area contributed by atoms with Crippen LogP contribution in [0.1, 0.15) is 22.8 Å². The molecule has 33 heavy (non-hydrogen) atoms. The average Bonchev–Trinajstić information content (AvgIpc) is 2.80. The van der Waals surface area contributed by atoms with E-state index in [1.165, 1.54) is 11.1 Å². The Morgan fingerprint density at radius 1 is 1.06 bits per heavy atom. The molecule has 8 heteroatoms. The van der Waals surface area contributed by atoms with E-state index in [-0.39, 0.29) is 5.91 Å². The van der Waals surface area contributed by atoms with Crippen molar-refractivity contribution in [3.8, 4) is 0 Å². The van der Waals surface area contributed by atoms with Gasteiger partial charge in [0.15, 0.2) is 0 Å². The van der Waals surface area contributed by atoms with E-state index in [4.69, 9.17) is 5.73 Å². The zero-order valence-electron chi connectivity index (χ0n) is 18.4. The number of piperazine rings is 1. The number of benzene rings is 2. The summed E-state index contributed by atoms with van der Waals surface area (Å²) in [6.07, 6.45) is 1.20. The molecule has 0 spiro atoms. The van der Waals surface area contributed by atoms with E-state index in [1.54, 1.807) is 36.4 Å². The van der Waals surface area contributed by atoms with Crippen LogP contribution in [0.5, 0.6) is 0 Å². The third kappa shape index (κ3) is 4.90. The monoisotopic (exact) mass is 445 g/mol. The van der Waals surface area contributed by atoms with Gasteiger partial charge < -0.3 is 21.1 Å². The molecule has 1 aliphatic rings. The number of pyridine rings is 1. The number of nitrogens with two attached hydrogens (primary N) is 1. The Hall–Kier alpha value is -4.07. The van der Waals surface area contributed by atoms with Crippen LogP contribution in [0.15, 0.2) is 72.9 Å². The van der Waals surface area contributed by atoms with Crippen LogP contribution >= 0.6 is 0 Å². The Morgan fingerprint density at radius 2 is 1.79 bits per heavy atom. The molecule has 1 aliphatic heterocycles. The van der Waals surface area contributed by atoms with Crippen molar-refractivity contribution in [3.63, 3.8) is 0 Å². The van der Waals surface area contributed by atoms with Gasteiger partial charge in [0.2, 0.25) is 0 Å². The summed E-state index contributed by atoms with van der Waals surface area (Å²) in [4.78, 5) is 32.6. The van der Waals surface area contributed by atoms with Gasteiger partial charge in [-0.05, 0) is 43.2 Å². The molecule has 8 nitrogen and oxygen atoms in total. The van der Waals surface area contributed by atoms with Crippen LogP contribution in [0.25, 0.3) is 0 Å². The van der Waals surface area contributed by atoms with Crippen molar-refractivity contribution < 1.29 is 14.7 Å². The Bertz CT molecular complexity index is 1140. The maximum Gasteiger partial charge on any atom is 0.407 e. The van der Waals surface area contributed by atoms with E-state index in [0.29, 0.717) is 48.8 Å². The van der Waals surface area contributed by atoms with Gasteiger partial charge in [-0.2, -0.15) is 0 Å². The van der Waals surface area contributed by atoms with Crippen LogP contribution in [0.2, 0.25) is 0 Å². The first-order chi connectivity index (χ1) is 15.9. The van der Waals surface area contributed by atoms with Crippen molar-refractivity contribution in [2.45, 2.75) is 18.9 Å². The third-order valence-electron chi connectivity index (χ3n) is 5.98. The van der Waals surface area contributed by atoms with E-state index in [1.807, 2.05) is 37.3 Å². The molecule has 1 atom stereocenters. The van der Waals surface area contributed by atoms with Gasteiger partial charge in [-0.1, -0.05) is 42.5 Å². The van der Waals surface area contributed by atoms with Gasteiger partial charge >= 0.3 is 6.09 Å². The normalized spacial score (nSPS) is 18.1. The third-order valence-corrected chi connectivity index (χ3v) is 5.98. The van der Waals surface area contributed by atoms with E-state index in [9.17, 15) is 14.7 Å². The van der Waals surface area contributed by atoms with E-state index in [0.717, 1.165) is 5.56 Å². The quantitative estimate of drug-likeness (QED) is 0.516. The first-order valence-electron chi connectivity index (χ1n) is 10.8. The Balaban J connectivity index is 1.50. The number of nitrogens with zero attached hydrogens (tertiary/aromatic N) is 3. The van der Waals surface area contributed by atoms with Crippen LogP contribution in [0, 0.1) is 0 Å². The lowest BCUT2D eigenvalue weighted by Crippen LogP contribution is -2.63. The fourth-order valence-electron chi connectivity index (χ4n) is 4.29.